The molecule has 0 aliphatic heterocycles. The quantitative estimate of drug-likeness (QED) is 0.508. The van der Waals surface area contributed by atoms with Crippen LogP contribution in [0.4, 0.5) is 0 Å². The summed E-state index contributed by atoms with van der Waals surface area (Å²) in [7, 11) is 0. The van der Waals surface area contributed by atoms with Crippen molar-refractivity contribution in [3.63, 3.8) is 0 Å². The number of aliphatic hydroxyl groups is 1. The van der Waals surface area contributed by atoms with Gasteiger partial charge in [-0.2, -0.15) is 0 Å². The molecule has 0 bridgehead atoms. The number of hydrogen-bond acceptors (Lipinski definition) is 2. The molecule has 0 aromatic carbocycles. The molecule has 0 aromatic heterocycles. The standard InChI is InChI=1S/C4H10INO/c1-4(6,2-5)3-7/h7H,2-3,6H2,1H3. The monoisotopic (exact) mass is 215 g/mol. The van der Waals surface area contributed by atoms with Crippen molar-refractivity contribution in [3.05, 3.63) is 0 Å². The molecule has 0 radical (unpaired) electrons. The molecule has 0 saturated carbocycles. The Kier molecular flexibility index (Phi) is 3.10. The third-order valence-corrected chi connectivity index (χ3v) is 2.41. The van der Waals surface area contributed by atoms with Gasteiger partial charge in [0.15, 0.2) is 0 Å². The van der Waals surface area contributed by atoms with Crippen molar-refractivity contribution in [1.82, 2.24) is 0 Å². The first-order chi connectivity index (χ1) is 3.12. The number of alkyl halides is 1. The summed E-state index contributed by atoms with van der Waals surface area (Å²) in [6.45, 7) is 1.88. The van der Waals surface area contributed by atoms with Gasteiger partial charge < -0.3 is 10.8 Å². The molecule has 3 N–H and O–H groups in total. The van der Waals surface area contributed by atoms with Crippen molar-refractivity contribution in [2.45, 2.75) is 12.5 Å². The Labute approximate surface area is 57.2 Å². The van der Waals surface area contributed by atoms with Crippen LogP contribution >= 0.6 is 22.6 Å². The lowest BCUT2D eigenvalue weighted by Gasteiger charge is -2.16. The maximum absolute atomic E-state index is 8.46. The van der Waals surface area contributed by atoms with Crippen LogP contribution in [-0.4, -0.2) is 21.7 Å². The fourth-order valence-electron chi connectivity index (χ4n) is 0.0423. The summed E-state index contributed by atoms with van der Waals surface area (Å²) in [4.78, 5) is 0. The van der Waals surface area contributed by atoms with Crippen LogP contribution in [0.2, 0.25) is 0 Å². The lowest BCUT2D eigenvalue weighted by Crippen LogP contribution is -2.41. The van der Waals surface area contributed by atoms with E-state index < -0.39 is 0 Å². The Balaban J connectivity index is 3.36. The zero-order valence-corrected chi connectivity index (χ0v) is 6.47. The van der Waals surface area contributed by atoms with E-state index in [1.807, 2.05) is 6.92 Å². The molecule has 0 aliphatic rings. The molecular weight excluding hydrogens is 205 g/mol. The van der Waals surface area contributed by atoms with Gasteiger partial charge in [0.1, 0.15) is 0 Å². The fraction of sp³-hybridized carbons (Fsp3) is 1.00. The number of nitrogens with two attached hydrogens (primary N) is 1. The van der Waals surface area contributed by atoms with Crippen molar-refractivity contribution in [2.75, 3.05) is 11.0 Å². The highest BCUT2D eigenvalue weighted by Crippen LogP contribution is 2.00. The maximum Gasteiger partial charge on any atom is 0.0616 e. The lowest BCUT2D eigenvalue weighted by molar-refractivity contribution is 0.226. The molecule has 0 fully saturated rings. The van der Waals surface area contributed by atoms with Crippen molar-refractivity contribution in [1.29, 1.82) is 0 Å². The van der Waals surface area contributed by atoms with E-state index in [0.717, 1.165) is 4.43 Å². The summed E-state index contributed by atoms with van der Waals surface area (Å²) in [6.07, 6.45) is 0. The van der Waals surface area contributed by atoms with Gasteiger partial charge in [-0.25, -0.2) is 0 Å². The van der Waals surface area contributed by atoms with Gasteiger partial charge in [-0.3, -0.25) is 0 Å². The van der Waals surface area contributed by atoms with E-state index in [1.165, 1.54) is 0 Å². The van der Waals surface area contributed by atoms with Crippen molar-refractivity contribution in [3.8, 4) is 0 Å². The van der Waals surface area contributed by atoms with E-state index in [2.05, 4.69) is 22.6 Å². The molecule has 0 spiro atoms. The van der Waals surface area contributed by atoms with Gasteiger partial charge in [0, 0.05) is 9.97 Å². The van der Waals surface area contributed by atoms with Crippen LogP contribution in [0.15, 0.2) is 0 Å². The number of hydrogen-bond donors (Lipinski definition) is 2. The van der Waals surface area contributed by atoms with E-state index in [0.29, 0.717) is 0 Å². The molecule has 0 rings (SSSR count). The SMILES string of the molecule is CC(N)(CO)CI. The number of halogens is 1. The smallest absolute Gasteiger partial charge is 0.0616 e. The van der Waals surface area contributed by atoms with Crippen LogP contribution in [0.25, 0.3) is 0 Å². The van der Waals surface area contributed by atoms with Gasteiger partial charge in [0.2, 0.25) is 0 Å². The summed E-state index contributed by atoms with van der Waals surface area (Å²) >= 11 is 2.15. The zero-order chi connectivity index (χ0) is 5.91. The van der Waals surface area contributed by atoms with Gasteiger partial charge in [-0.15, -0.1) is 0 Å². The van der Waals surface area contributed by atoms with Crippen LogP contribution in [-0.2, 0) is 0 Å². The van der Waals surface area contributed by atoms with E-state index in [-0.39, 0.29) is 12.1 Å². The first-order valence-corrected chi connectivity index (χ1v) is 3.60. The third-order valence-electron chi connectivity index (χ3n) is 0.666. The molecule has 1 unspecified atom stereocenters. The van der Waals surface area contributed by atoms with Gasteiger partial charge >= 0.3 is 0 Å². The first-order valence-electron chi connectivity index (χ1n) is 2.08. The summed E-state index contributed by atoms with van der Waals surface area (Å²) in [5.41, 5.74) is 5.08. The van der Waals surface area contributed by atoms with E-state index >= 15 is 0 Å². The second-order valence-corrected chi connectivity index (χ2v) is 2.71. The van der Waals surface area contributed by atoms with Crippen LogP contribution in [0.3, 0.4) is 0 Å². The van der Waals surface area contributed by atoms with Crippen molar-refractivity contribution < 1.29 is 5.11 Å². The summed E-state index contributed by atoms with van der Waals surface area (Å²) < 4.78 is 0.793. The Morgan fingerprint density at radius 2 is 2.29 bits per heavy atom. The Morgan fingerprint density at radius 1 is 1.86 bits per heavy atom. The van der Waals surface area contributed by atoms with E-state index in [4.69, 9.17) is 10.8 Å². The fourth-order valence-corrected chi connectivity index (χ4v) is 0.283. The van der Waals surface area contributed by atoms with Gasteiger partial charge in [-0.05, 0) is 6.92 Å². The summed E-state index contributed by atoms with van der Waals surface area (Å²) in [5.74, 6) is 0. The van der Waals surface area contributed by atoms with Crippen LogP contribution < -0.4 is 5.73 Å². The number of aliphatic hydroxyl groups excluding tert-OH is 1. The van der Waals surface area contributed by atoms with Crippen LogP contribution in [0.5, 0.6) is 0 Å². The minimum Gasteiger partial charge on any atom is -0.394 e. The average Bonchev–Trinajstić information content (AvgIpc) is 1.68. The Hall–Kier alpha value is 0.650. The molecule has 7 heavy (non-hydrogen) atoms. The predicted molar refractivity (Wildman–Crippen MR) is 38.6 cm³/mol. The minimum absolute atomic E-state index is 0.0654. The molecule has 44 valence electrons. The maximum atomic E-state index is 8.46. The highest BCUT2D eigenvalue weighted by atomic mass is 127. The van der Waals surface area contributed by atoms with Crippen LogP contribution in [0, 0.1) is 0 Å². The molecule has 0 amide bonds. The van der Waals surface area contributed by atoms with Gasteiger partial charge in [0.25, 0.3) is 0 Å². The van der Waals surface area contributed by atoms with Gasteiger partial charge in [0.05, 0.1) is 6.61 Å². The molecule has 0 aromatic rings. The van der Waals surface area contributed by atoms with E-state index in [1.54, 1.807) is 0 Å². The minimum atomic E-state index is -0.374. The van der Waals surface area contributed by atoms with E-state index in [9.17, 15) is 0 Å². The molecule has 2 nitrogen and oxygen atoms in total. The van der Waals surface area contributed by atoms with Crippen molar-refractivity contribution in [2.24, 2.45) is 5.73 Å². The second kappa shape index (κ2) is 2.84. The molecule has 3 heteroatoms. The molecule has 0 saturated heterocycles. The number of rotatable bonds is 2. The normalized spacial score (nSPS) is 18.9. The summed E-state index contributed by atoms with van der Waals surface area (Å²) in [6, 6.07) is 0. The van der Waals surface area contributed by atoms with Gasteiger partial charge in [-0.1, -0.05) is 22.6 Å². The highest BCUT2D eigenvalue weighted by Gasteiger charge is 2.13. The molecule has 0 heterocycles. The predicted octanol–water partition coefficient (Wildman–Crippen LogP) is 0.131. The Bertz CT molecular complexity index is 49.7. The highest BCUT2D eigenvalue weighted by molar-refractivity contribution is 14.1. The first kappa shape index (κ1) is 7.65. The van der Waals surface area contributed by atoms with Crippen LogP contribution in [0.1, 0.15) is 6.92 Å². The molecular formula is C4H10INO. The largest absolute Gasteiger partial charge is 0.394 e. The molecule has 0 aliphatic carbocycles. The third kappa shape index (κ3) is 3.25. The second-order valence-electron chi connectivity index (χ2n) is 1.95. The average molecular weight is 215 g/mol. The lowest BCUT2D eigenvalue weighted by atomic mass is 10.1. The molecule has 1 atom stereocenters. The van der Waals surface area contributed by atoms with Crippen molar-refractivity contribution >= 4 is 22.6 Å². The Morgan fingerprint density at radius 3 is 2.29 bits per heavy atom. The summed E-state index contributed by atoms with van der Waals surface area (Å²) in [5, 5.41) is 8.46. The zero-order valence-electron chi connectivity index (χ0n) is 4.32. The topological polar surface area (TPSA) is 46.2 Å².